The van der Waals surface area contributed by atoms with Crippen LogP contribution in [-0.4, -0.2) is 17.4 Å². The first-order valence-electron chi connectivity index (χ1n) is 6.26. The van der Waals surface area contributed by atoms with Crippen LogP contribution in [0.25, 0.3) is 10.9 Å². The SMILES string of the molecule is Nc1cc(C(=O)C2=COCCC2)nc2ccccc12. The summed E-state index contributed by atoms with van der Waals surface area (Å²) < 4.78 is 5.20. The zero-order valence-corrected chi connectivity index (χ0v) is 10.4. The number of pyridine rings is 1. The zero-order valence-electron chi connectivity index (χ0n) is 10.4. The third kappa shape index (κ3) is 2.17. The summed E-state index contributed by atoms with van der Waals surface area (Å²) in [5, 5.41) is 0.868. The Hall–Kier alpha value is -2.36. The topological polar surface area (TPSA) is 65.2 Å². The molecule has 3 rings (SSSR count). The van der Waals surface area contributed by atoms with Crippen LogP contribution in [-0.2, 0) is 4.74 Å². The molecule has 0 saturated heterocycles. The summed E-state index contributed by atoms with van der Waals surface area (Å²) in [7, 11) is 0. The van der Waals surface area contributed by atoms with Crippen molar-refractivity contribution in [3.63, 3.8) is 0 Å². The second-order valence-electron chi connectivity index (χ2n) is 4.56. The van der Waals surface area contributed by atoms with Gasteiger partial charge in [0.1, 0.15) is 5.69 Å². The van der Waals surface area contributed by atoms with E-state index < -0.39 is 0 Å². The molecule has 0 fully saturated rings. The van der Waals surface area contributed by atoms with Crippen LogP contribution < -0.4 is 5.73 Å². The molecule has 2 aromatic rings. The Kier molecular flexibility index (Phi) is 2.91. The van der Waals surface area contributed by atoms with E-state index in [1.165, 1.54) is 0 Å². The van der Waals surface area contributed by atoms with Crippen LogP contribution in [0.4, 0.5) is 5.69 Å². The van der Waals surface area contributed by atoms with E-state index in [1.807, 2.05) is 24.3 Å². The minimum atomic E-state index is -0.0999. The van der Waals surface area contributed by atoms with E-state index >= 15 is 0 Å². The fourth-order valence-corrected chi connectivity index (χ4v) is 2.21. The van der Waals surface area contributed by atoms with Crippen molar-refractivity contribution in [2.24, 2.45) is 0 Å². The van der Waals surface area contributed by atoms with Crippen molar-refractivity contribution < 1.29 is 9.53 Å². The van der Waals surface area contributed by atoms with Crippen molar-refractivity contribution in [2.45, 2.75) is 12.8 Å². The number of nitrogens with two attached hydrogens (primary N) is 1. The van der Waals surface area contributed by atoms with Gasteiger partial charge in [-0.25, -0.2) is 4.98 Å². The van der Waals surface area contributed by atoms with Crippen molar-refractivity contribution in [3.05, 3.63) is 47.9 Å². The molecule has 0 aliphatic carbocycles. The molecule has 0 atom stereocenters. The molecule has 0 saturated carbocycles. The number of anilines is 1. The number of benzene rings is 1. The molecule has 0 amide bonds. The summed E-state index contributed by atoms with van der Waals surface area (Å²) in [6.07, 6.45) is 3.13. The molecule has 0 bridgehead atoms. The van der Waals surface area contributed by atoms with Gasteiger partial charge in [0.25, 0.3) is 0 Å². The van der Waals surface area contributed by atoms with E-state index in [2.05, 4.69) is 4.98 Å². The van der Waals surface area contributed by atoms with Crippen LogP contribution in [0.15, 0.2) is 42.2 Å². The Morgan fingerprint density at radius 2 is 2.16 bits per heavy atom. The second-order valence-corrected chi connectivity index (χ2v) is 4.56. The molecule has 0 spiro atoms. The Balaban J connectivity index is 2.05. The first-order chi connectivity index (χ1) is 9.25. The Morgan fingerprint density at radius 1 is 1.32 bits per heavy atom. The number of nitrogen functional groups attached to an aromatic ring is 1. The van der Waals surface area contributed by atoms with Crippen LogP contribution in [0.2, 0.25) is 0 Å². The average molecular weight is 254 g/mol. The number of allylic oxidation sites excluding steroid dienone is 1. The van der Waals surface area contributed by atoms with Crippen LogP contribution >= 0.6 is 0 Å². The number of para-hydroxylation sites is 1. The van der Waals surface area contributed by atoms with Gasteiger partial charge in [0, 0.05) is 16.6 Å². The maximum Gasteiger partial charge on any atom is 0.210 e. The molecule has 0 unspecified atom stereocenters. The molecule has 19 heavy (non-hydrogen) atoms. The Bertz CT molecular complexity index is 677. The maximum absolute atomic E-state index is 12.3. The average Bonchev–Trinajstić information content (AvgIpc) is 2.47. The van der Waals surface area contributed by atoms with Crippen molar-refractivity contribution in [1.29, 1.82) is 0 Å². The number of hydrogen-bond donors (Lipinski definition) is 1. The van der Waals surface area contributed by atoms with E-state index in [0.29, 0.717) is 23.6 Å². The lowest BCUT2D eigenvalue weighted by Crippen LogP contribution is -2.11. The lowest BCUT2D eigenvalue weighted by atomic mass is 10.0. The molecule has 4 heteroatoms. The third-order valence-corrected chi connectivity index (χ3v) is 3.21. The van der Waals surface area contributed by atoms with Gasteiger partial charge >= 0.3 is 0 Å². The van der Waals surface area contributed by atoms with Crippen LogP contribution in [0.3, 0.4) is 0 Å². The van der Waals surface area contributed by atoms with Gasteiger partial charge in [-0.2, -0.15) is 0 Å². The highest BCUT2D eigenvalue weighted by atomic mass is 16.5. The van der Waals surface area contributed by atoms with E-state index in [0.717, 1.165) is 23.7 Å². The summed E-state index contributed by atoms with van der Waals surface area (Å²) in [6.45, 7) is 0.671. The monoisotopic (exact) mass is 254 g/mol. The summed E-state index contributed by atoms with van der Waals surface area (Å²) in [5.74, 6) is -0.0999. The van der Waals surface area contributed by atoms with Gasteiger partial charge < -0.3 is 10.5 Å². The molecule has 1 aromatic heterocycles. The number of fused-ring (bicyclic) bond motifs is 1. The molecule has 1 aromatic carbocycles. The molecule has 0 radical (unpaired) electrons. The smallest absolute Gasteiger partial charge is 0.210 e. The van der Waals surface area contributed by atoms with Crippen LogP contribution in [0, 0.1) is 0 Å². The number of hydrogen-bond acceptors (Lipinski definition) is 4. The Labute approximate surface area is 110 Å². The van der Waals surface area contributed by atoms with E-state index in [4.69, 9.17) is 10.5 Å². The minimum absolute atomic E-state index is 0.0999. The Morgan fingerprint density at radius 3 is 2.95 bits per heavy atom. The predicted octanol–water partition coefficient (Wildman–Crippen LogP) is 2.69. The number of nitrogens with zero attached hydrogens (tertiary/aromatic N) is 1. The van der Waals surface area contributed by atoms with Crippen LogP contribution in [0.5, 0.6) is 0 Å². The predicted molar refractivity (Wildman–Crippen MR) is 73.8 cm³/mol. The summed E-state index contributed by atoms with van der Waals surface area (Å²) in [6, 6.07) is 9.18. The molecule has 1 aliphatic heterocycles. The highest BCUT2D eigenvalue weighted by molar-refractivity contribution is 6.09. The van der Waals surface area contributed by atoms with Gasteiger partial charge in [-0.1, -0.05) is 18.2 Å². The van der Waals surface area contributed by atoms with Gasteiger partial charge in [-0.3, -0.25) is 4.79 Å². The molecular weight excluding hydrogens is 240 g/mol. The quantitative estimate of drug-likeness (QED) is 0.837. The van der Waals surface area contributed by atoms with Crippen LogP contribution in [0.1, 0.15) is 23.3 Å². The van der Waals surface area contributed by atoms with Gasteiger partial charge in [0.05, 0.1) is 18.4 Å². The van der Waals surface area contributed by atoms with Gasteiger partial charge in [0.15, 0.2) is 0 Å². The lowest BCUT2D eigenvalue weighted by molar-refractivity contribution is 0.101. The number of aromatic nitrogens is 1. The van der Waals surface area contributed by atoms with Crippen molar-refractivity contribution in [2.75, 3.05) is 12.3 Å². The number of rotatable bonds is 2. The normalized spacial score (nSPS) is 14.8. The summed E-state index contributed by atoms with van der Waals surface area (Å²) in [5.41, 5.74) is 8.34. The molecular formula is C15H14N2O2. The lowest BCUT2D eigenvalue weighted by Gasteiger charge is -2.13. The standard InChI is InChI=1S/C15H14N2O2/c16-12-8-14(15(18)10-4-3-7-19-9-10)17-13-6-2-1-5-11(12)13/h1-2,5-6,8-9H,3-4,7H2,(H2,16,17). The largest absolute Gasteiger partial charge is 0.501 e. The summed E-state index contributed by atoms with van der Waals surface area (Å²) in [4.78, 5) is 16.7. The molecule has 1 aliphatic rings. The number of ether oxygens (including phenoxy) is 1. The first-order valence-corrected chi connectivity index (χ1v) is 6.26. The summed E-state index contributed by atoms with van der Waals surface area (Å²) >= 11 is 0. The van der Waals surface area contributed by atoms with E-state index in [1.54, 1.807) is 12.3 Å². The third-order valence-electron chi connectivity index (χ3n) is 3.21. The van der Waals surface area contributed by atoms with E-state index in [-0.39, 0.29) is 5.78 Å². The van der Waals surface area contributed by atoms with Gasteiger partial charge in [0.2, 0.25) is 5.78 Å². The molecule has 2 heterocycles. The number of carbonyl (C=O) groups excluding carboxylic acids is 1. The maximum atomic E-state index is 12.3. The van der Waals surface area contributed by atoms with Crippen molar-refractivity contribution in [1.82, 2.24) is 4.98 Å². The van der Waals surface area contributed by atoms with Gasteiger partial charge in [-0.15, -0.1) is 0 Å². The zero-order chi connectivity index (χ0) is 13.2. The molecule has 2 N–H and O–H groups in total. The highest BCUT2D eigenvalue weighted by Gasteiger charge is 2.17. The number of carbonyl (C=O) groups is 1. The van der Waals surface area contributed by atoms with E-state index in [9.17, 15) is 4.79 Å². The fraction of sp³-hybridized carbons (Fsp3) is 0.200. The number of Topliss-reactive ketones (excluding diaryl/α,β-unsaturated/α-hetero) is 1. The fourth-order valence-electron chi connectivity index (χ4n) is 2.21. The minimum Gasteiger partial charge on any atom is -0.501 e. The van der Waals surface area contributed by atoms with Gasteiger partial charge in [-0.05, 0) is 25.0 Å². The number of ketones is 1. The second kappa shape index (κ2) is 4.72. The molecule has 96 valence electrons. The first kappa shape index (κ1) is 11.7. The van der Waals surface area contributed by atoms with Crippen molar-refractivity contribution in [3.8, 4) is 0 Å². The highest BCUT2D eigenvalue weighted by Crippen LogP contribution is 2.23. The van der Waals surface area contributed by atoms with Crippen molar-refractivity contribution >= 4 is 22.4 Å². The molecule has 4 nitrogen and oxygen atoms in total.